The van der Waals surface area contributed by atoms with Gasteiger partial charge in [-0.15, -0.1) is 0 Å². The Morgan fingerprint density at radius 1 is 1.41 bits per heavy atom. The van der Waals surface area contributed by atoms with E-state index in [4.69, 9.17) is 10.6 Å². The largest absolute Gasteiger partial charge is 0.492 e. The third-order valence-electron chi connectivity index (χ3n) is 2.36. The number of nitrogens with one attached hydrogen (secondary N) is 1. The van der Waals surface area contributed by atoms with Crippen LogP contribution in [0.3, 0.4) is 0 Å². The van der Waals surface area contributed by atoms with Crippen LogP contribution in [0.2, 0.25) is 0 Å². The maximum Gasteiger partial charge on any atom is 0.233 e. The zero-order valence-corrected chi connectivity index (χ0v) is 10.1. The second-order valence-electron chi connectivity index (χ2n) is 3.86. The van der Waals surface area contributed by atoms with Gasteiger partial charge in [-0.1, -0.05) is 0 Å². The maximum absolute atomic E-state index is 10.8. The van der Waals surface area contributed by atoms with E-state index in [2.05, 4.69) is 10.4 Å². The second-order valence-corrected chi connectivity index (χ2v) is 3.86. The van der Waals surface area contributed by atoms with Gasteiger partial charge in [-0.25, -0.2) is 5.84 Å². The summed E-state index contributed by atoms with van der Waals surface area (Å²) in [6.07, 6.45) is 4.90. The summed E-state index contributed by atoms with van der Waals surface area (Å²) in [5.41, 5.74) is 3.09. The third kappa shape index (κ3) is 5.87. The molecule has 3 N–H and O–H groups in total. The first-order chi connectivity index (χ1) is 8.22. The molecule has 1 aromatic heterocycles. The average molecular weight is 237 g/mol. The number of carbonyl (C=O) groups excluding carboxylic acids is 1. The van der Waals surface area contributed by atoms with Gasteiger partial charge in [-0.3, -0.25) is 15.2 Å². The number of aryl methyl sites for hydroxylation is 1. The van der Waals surface area contributed by atoms with Crippen molar-refractivity contribution in [2.24, 2.45) is 5.84 Å². The molecule has 0 unspecified atom stereocenters. The molecule has 0 fully saturated rings. The van der Waals surface area contributed by atoms with Crippen LogP contribution in [0.4, 0.5) is 0 Å². The number of rotatable bonds is 7. The fourth-order valence-electron chi connectivity index (χ4n) is 1.37. The highest BCUT2D eigenvalue weighted by molar-refractivity contribution is 5.74. The molecule has 0 atom stereocenters. The van der Waals surface area contributed by atoms with Gasteiger partial charge in [-0.05, 0) is 38.3 Å². The van der Waals surface area contributed by atoms with Crippen LogP contribution in [0.15, 0.2) is 18.3 Å². The zero-order valence-electron chi connectivity index (χ0n) is 10.1. The minimum Gasteiger partial charge on any atom is -0.492 e. The Bertz CT molecular complexity index is 338. The van der Waals surface area contributed by atoms with Gasteiger partial charge in [0.05, 0.1) is 12.8 Å². The lowest BCUT2D eigenvalue weighted by molar-refractivity contribution is -0.121. The first-order valence-electron chi connectivity index (χ1n) is 5.77. The highest BCUT2D eigenvalue weighted by Crippen LogP contribution is 2.09. The Morgan fingerprint density at radius 3 is 2.88 bits per heavy atom. The van der Waals surface area contributed by atoms with Crippen LogP contribution in [0, 0.1) is 6.92 Å². The Labute approximate surface area is 101 Å². The summed E-state index contributed by atoms with van der Waals surface area (Å²) in [4.78, 5) is 15.0. The molecule has 1 heterocycles. The Balaban J connectivity index is 2.04. The molecule has 0 saturated heterocycles. The van der Waals surface area contributed by atoms with Gasteiger partial charge < -0.3 is 4.74 Å². The van der Waals surface area contributed by atoms with Crippen molar-refractivity contribution in [2.75, 3.05) is 6.61 Å². The lowest BCUT2D eigenvalue weighted by Crippen LogP contribution is -2.29. The van der Waals surface area contributed by atoms with Crippen molar-refractivity contribution < 1.29 is 9.53 Å². The number of hydrazine groups is 1. The summed E-state index contributed by atoms with van der Waals surface area (Å²) < 4.78 is 5.51. The minimum absolute atomic E-state index is 0.117. The summed E-state index contributed by atoms with van der Waals surface area (Å²) in [6, 6.07) is 3.82. The van der Waals surface area contributed by atoms with Gasteiger partial charge >= 0.3 is 0 Å². The van der Waals surface area contributed by atoms with E-state index >= 15 is 0 Å². The molecular weight excluding hydrogens is 218 g/mol. The number of ether oxygens (including phenoxy) is 1. The molecule has 1 aromatic rings. The molecule has 17 heavy (non-hydrogen) atoms. The van der Waals surface area contributed by atoms with E-state index < -0.39 is 0 Å². The SMILES string of the molecule is Cc1ccc(OCCCCCC(=O)NN)cn1. The number of pyridine rings is 1. The second kappa shape index (κ2) is 7.62. The number of nitrogens with two attached hydrogens (primary N) is 1. The van der Waals surface area contributed by atoms with E-state index in [9.17, 15) is 4.79 Å². The zero-order chi connectivity index (χ0) is 12.5. The molecule has 0 aliphatic heterocycles. The van der Waals surface area contributed by atoms with Crippen molar-refractivity contribution in [3.05, 3.63) is 24.0 Å². The van der Waals surface area contributed by atoms with Crippen LogP contribution in [-0.2, 0) is 4.79 Å². The lowest BCUT2D eigenvalue weighted by Gasteiger charge is -2.05. The number of nitrogens with zero attached hydrogens (tertiary/aromatic N) is 1. The number of aromatic nitrogens is 1. The summed E-state index contributed by atoms with van der Waals surface area (Å²) in [5, 5.41) is 0. The number of hydrogen-bond acceptors (Lipinski definition) is 4. The molecule has 0 aromatic carbocycles. The van der Waals surface area contributed by atoms with Crippen LogP contribution >= 0.6 is 0 Å². The van der Waals surface area contributed by atoms with Gasteiger partial charge in [0.25, 0.3) is 0 Å². The smallest absolute Gasteiger partial charge is 0.233 e. The van der Waals surface area contributed by atoms with E-state index in [1.54, 1.807) is 6.20 Å². The van der Waals surface area contributed by atoms with E-state index in [0.717, 1.165) is 30.7 Å². The van der Waals surface area contributed by atoms with Crippen molar-refractivity contribution in [2.45, 2.75) is 32.6 Å². The van der Waals surface area contributed by atoms with E-state index in [0.29, 0.717) is 13.0 Å². The first-order valence-corrected chi connectivity index (χ1v) is 5.77. The molecular formula is C12H19N3O2. The van der Waals surface area contributed by atoms with Gasteiger partial charge in [0, 0.05) is 12.1 Å². The molecule has 94 valence electrons. The summed E-state index contributed by atoms with van der Waals surface area (Å²) >= 11 is 0. The van der Waals surface area contributed by atoms with Gasteiger partial charge in [-0.2, -0.15) is 0 Å². The van der Waals surface area contributed by atoms with Crippen LogP contribution in [-0.4, -0.2) is 17.5 Å². The monoisotopic (exact) mass is 237 g/mol. The molecule has 0 aliphatic rings. The predicted molar refractivity (Wildman–Crippen MR) is 65.3 cm³/mol. The molecule has 0 saturated carbocycles. The Kier molecular flexibility index (Phi) is 6.03. The van der Waals surface area contributed by atoms with Crippen molar-refractivity contribution in [3.8, 4) is 5.75 Å². The van der Waals surface area contributed by atoms with Crippen molar-refractivity contribution in [1.82, 2.24) is 10.4 Å². The van der Waals surface area contributed by atoms with Crippen LogP contribution in [0.1, 0.15) is 31.4 Å². The molecule has 5 nitrogen and oxygen atoms in total. The third-order valence-corrected chi connectivity index (χ3v) is 2.36. The average Bonchev–Trinajstić information content (AvgIpc) is 2.35. The number of amides is 1. The Morgan fingerprint density at radius 2 is 2.24 bits per heavy atom. The molecule has 5 heteroatoms. The van der Waals surface area contributed by atoms with Crippen molar-refractivity contribution >= 4 is 5.91 Å². The van der Waals surface area contributed by atoms with Crippen LogP contribution < -0.4 is 16.0 Å². The summed E-state index contributed by atoms with van der Waals surface area (Å²) in [5.74, 6) is 5.64. The van der Waals surface area contributed by atoms with Crippen LogP contribution in [0.25, 0.3) is 0 Å². The van der Waals surface area contributed by atoms with E-state index in [1.807, 2.05) is 19.1 Å². The van der Waals surface area contributed by atoms with Crippen molar-refractivity contribution in [3.63, 3.8) is 0 Å². The summed E-state index contributed by atoms with van der Waals surface area (Å²) in [6.45, 7) is 2.58. The van der Waals surface area contributed by atoms with E-state index in [-0.39, 0.29) is 5.91 Å². The van der Waals surface area contributed by atoms with Gasteiger partial charge in [0.2, 0.25) is 5.91 Å². The molecule has 0 aliphatic carbocycles. The fourth-order valence-corrected chi connectivity index (χ4v) is 1.37. The quantitative estimate of drug-likeness (QED) is 0.324. The number of carbonyl (C=O) groups is 1. The maximum atomic E-state index is 10.8. The fraction of sp³-hybridized carbons (Fsp3) is 0.500. The molecule has 1 amide bonds. The number of hydrogen-bond donors (Lipinski definition) is 2. The topological polar surface area (TPSA) is 77.2 Å². The predicted octanol–water partition coefficient (Wildman–Crippen LogP) is 1.32. The van der Waals surface area contributed by atoms with Gasteiger partial charge in [0.15, 0.2) is 0 Å². The first kappa shape index (κ1) is 13.4. The molecule has 0 spiro atoms. The minimum atomic E-state index is -0.117. The van der Waals surface area contributed by atoms with Gasteiger partial charge in [0.1, 0.15) is 5.75 Å². The highest BCUT2D eigenvalue weighted by atomic mass is 16.5. The molecule has 0 radical (unpaired) electrons. The summed E-state index contributed by atoms with van der Waals surface area (Å²) in [7, 11) is 0. The normalized spacial score (nSPS) is 10.0. The highest BCUT2D eigenvalue weighted by Gasteiger charge is 1.98. The number of unbranched alkanes of at least 4 members (excludes halogenated alkanes) is 2. The van der Waals surface area contributed by atoms with Crippen molar-refractivity contribution in [1.29, 1.82) is 0 Å². The standard InChI is InChI=1S/C12H19N3O2/c1-10-6-7-11(9-14-10)17-8-4-2-3-5-12(16)15-13/h6-7,9H,2-5,8,13H2,1H3,(H,15,16). The Hall–Kier alpha value is -1.62. The molecule has 0 bridgehead atoms. The molecule has 1 rings (SSSR count). The van der Waals surface area contributed by atoms with E-state index in [1.165, 1.54) is 0 Å². The van der Waals surface area contributed by atoms with Crippen LogP contribution in [0.5, 0.6) is 5.75 Å². The lowest BCUT2D eigenvalue weighted by atomic mass is 10.2.